The van der Waals surface area contributed by atoms with Crippen molar-refractivity contribution < 1.29 is 14.3 Å². The lowest BCUT2D eigenvalue weighted by atomic mass is 10.1. The molecule has 1 unspecified atom stereocenters. The predicted molar refractivity (Wildman–Crippen MR) is 98.9 cm³/mol. The van der Waals surface area contributed by atoms with Crippen LogP contribution in [0.3, 0.4) is 0 Å². The van der Waals surface area contributed by atoms with Gasteiger partial charge in [-0.3, -0.25) is 9.59 Å². The summed E-state index contributed by atoms with van der Waals surface area (Å²) in [5.74, 6) is 0.815. The van der Waals surface area contributed by atoms with Crippen LogP contribution in [0.1, 0.15) is 29.9 Å². The second kappa shape index (κ2) is 7.64. The number of amides is 2. The van der Waals surface area contributed by atoms with Crippen LogP contribution in [0.25, 0.3) is 0 Å². The van der Waals surface area contributed by atoms with Crippen LogP contribution in [-0.4, -0.2) is 41.0 Å². The Morgan fingerprint density at radius 1 is 1.31 bits per heavy atom. The van der Waals surface area contributed by atoms with E-state index < -0.39 is 6.04 Å². The van der Waals surface area contributed by atoms with Gasteiger partial charge in [0, 0.05) is 19.3 Å². The maximum absolute atomic E-state index is 12.8. The maximum atomic E-state index is 12.8. The molecule has 26 heavy (non-hydrogen) atoms. The number of ether oxygens (including phenoxy) is 1. The molecule has 6 nitrogen and oxygen atoms in total. The molecule has 6 heteroatoms. The summed E-state index contributed by atoms with van der Waals surface area (Å²) in [5.41, 5.74) is 1.60. The highest BCUT2D eigenvalue weighted by Crippen LogP contribution is 2.20. The smallest absolute Gasteiger partial charge is 0.271 e. The predicted octanol–water partition coefficient (Wildman–Crippen LogP) is 2.29. The van der Waals surface area contributed by atoms with Crippen molar-refractivity contribution in [2.24, 2.45) is 5.92 Å². The molecule has 1 aliphatic rings. The Kier molecular flexibility index (Phi) is 5.30. The molecule has 2 amide bonds. The first kappa shape index (κ1) is 18.0. The van der Waals surface area contributed by atoms with E-state index in [4.69, 9.17) is 4.74 Å². The summed E-state index contributed by atoms with van der Waals surface area (Å²) in [6.07, 6.45) is 1.85. The van der Waals surface area contributed by atoms with Crippen molar-refractivity contribution in [3.63, 3.8) is 0 Å². The number of nitrogens with one attached hydrogen (secondary N) is 1. The van der Waals surface area contributed by atoms with Gasteiger partial charge in [-0.1, -0.05) is 26.0 Å². The van der Waals surface area contributed by atoms with Crippen LogP contribution in [0.2, 0.25) is 0 Å². The lowest BCUT2D eigenvalue weighted by Crippen LogP contribution is -2.55. The van der Waals surface area contributed by atoms with Crippen LogP contribution in [0.5, 0.6) is 5.75 Å². The van der Waals surface area contributed by atoms with Crippen molar-refractivity contribution in [3.8, 4) is 5.75 Å². The van der Waals surface area contributed by atoms with E-state index in [2.05, 4.69) is 5.32 Å². The molecule has 0 saturated carbocycles. The zero-order chi connectivity index (χ0) is 18.7. The van der Waals surface area contributed by atoms with Crippen LogP contribution in [0.15, 0.2) is 42.6 Å². The Morgan fingerprint density at radius 3 is 2.85 bits per heavy atom. The molecule has 1 aliphatic heterocycles. The molecule has 0 spiro atoms. The van der Waals surface area contributed by atoms with Gasteiger partial charge >= 0.3 is 0 Å². The zero-order valence-corrected chi connectivity index (χ0v) is 15.4. The van der Waals surface area contributed by atoms with Gasteiger partial charge in [0.05, 0.1) is 13.7 Å². The van der Waals surface area contributed by atoms with Crippen LogP contribution in [-0.2, 0) is 17.9 Å². The lowest BCUT2D eigenvalue weighted by Gasteiger charge is -2.36. The molecule has 1 aromatic heterocycles. The monoisotopic (exact) mass is 355 g/mol. The molecule has 0 bridgehead atoms. The topological polar surface area (TPSA) is 63.6 Å². The summed E-state index contributed by atoms with van der Waals surface area (Å²) in [6, 6.07) is 10.7. The summed E-state index contributed by atoms with van der Waals surface area (Å²) in [6.45, 7) is 5.53. The minimum Gasteiger partial charge on any atom is -0.497 e. The van der Waals surface area contributed by atoms with E-state index in [1.54, 1.807) is 18.1 Å². The van der Waals surface area contributed by atoms with Gasteiger partial charge in [-0.2, -0.15) is 0 Å². The number of fused-ring (bicyclic) bond motifs is 1. The first-order valence-electron chi connectivity index (χ1n) is 8.86. The number of rotatable bonds is 6. The summed E-state index contributed by atoms with van der Waals surface area (Å²) < 4.78 is 7.07. The summed E-state index contributed by atoms with van der Waals surface area (Å²) in [5, 5.41) is 2.97. The highest BCUT2D eigenvalue weighted by Gasteiger charge is 2.36. The molecule has 3 rings (SSSR count). The van der Waals surface area contributed by atoms with E-state index in [0.29, 0.717) is 25.3 Å². The minimum atomic E-state index is -0.504. The average molecular weight is 355 g/mol. The van der Waals surface area contributed by atoms with Crippen molar-refractivity contribution in [3.05, 3.63) is 53.9 Å². The fraction of sp³-hybridized carbons (Fsp3) is 0.400. The lowest BCUT2D eigenvalue weighted by molar-refractivity contribution is -0.126. The number of benzene rings is 1. The molecule has 0 radical (unpaired) electrons. The largest absolute Gasteiger partial charge is 0.497 e. The van der Waals surface area contributed by atoms with Gasteiger partial charge in [0.15, 0.2) is 0 Å². The first-order valence-corrected chi connectivity index (χ1v) is 8.86. The van der Waals surface area contributed by atoms with Gasteiger partial charge < -0.3 is 19.5 Å². The van der Waals surface area contributed by atoms with Gasteiger partial charge in [-0.05, 0) is 35.7 Å². The third kappa shape index (κ3) is 3.74. The van der Waals surface area contributed by atoms with Gasteiger partial charge in [0.25, 0.3) is 5.91 Å². The Hall–Kier alpha value is -2.76. The van der Waals surface area contributed by atoms with Crippen molar-refractivity contribution in [1.29, 1.82) is 0 Å². The number of carbonyl (C=O) groups excluding carboxylic acids is 2. The van der Waals surface area contributed by atoms with Crippen LogP contribution >= 0.6 is 0 Å². The summed E-state index contributed by atoms with van der Waals surface area (Å²) >= 11 is 0. The van der Waals surface area contributed by atoms with Crippen molar-refractivity contribution in [1.82, 2.24) is 14.8 Å². The Balaban J connectivity index is 1.74. The van der Waals surface area contributed by atoms with Crippen LogP contribution in [0.4, 0.5) is 0 Å². The average Bonchev–Trinajstić information content (AvgIpc) is 3.10. The molecular weight excluding hydrogens is 330 g/mol. The number of nitrogens with zero attached hydrogens (tertiary/aromatic N) is 2. The maximum Gasteiger partial charge on any atom is 0.271 e. The molecule has 1 atom stereocenters. The Morgan fingerprint density at radius 2 is 2.12 bits per heavy atom. The SMILES string of the molecule is COc1cccc(CNC(=O)C2Cn3cccc3C(=O)N2CC(C)C)c1. The second-order valence-corrected chi connectivity index (χ2v) is 6.98. The van der Waals surface area contributed by atoms with Crippen molar-refractivity contribution in [2.75, 3.05) is 13.7 Å². The van der Waals surface area contributed by atoms with Gasteiger partial charge in [0.1, 0.15) is 17.5 Å². The second-order valence-electron chi connectivity index (χ2n) is 6.98. The van der Waals surface area contributed by atoms with E-state index in [9.17, 15) is 9.59 Å². The molecule has 2 aromatic rings. The highest BCUT2D eigenvalue weighted by molar-refractivity contribution is 5.97. The standard InChI is InChI=1S/C20H25N3O3/c1-14(2)12-23-18(13-22-9-5-8-17(22)20(23)25)19(24)21-11-15-6-4-7-16(10-15)26-3/h4-10,14,18H,11-13H2,1-3H3,(H,21,24). The Bertz CT molecular complexity index is 797. The van der Waals surface area contributed by atoms with Crippen LogP contribution in [0, 0.1) is 5.92 Å². The molecule has 0 aliphatic carbocycles. The minimum absolute atomic E-state index is 0.0866. The van der Waals surface area contributed by atoms with E-state index in [-0.39, 0.29) is 17.7 Å². The molecule has 0 fully saturated rings. The molecule has 0 saturated heterocycles. The van der Waals surface area contributed by atoms with Crippen LogP contribution < -0.4 is 10.1 Å². The molecule has 1 N–H and O–H groups in total. The molecular formula is C20H25N3O3. The van der Waals surface area contributed by atoms with Crippen molar-refractivity contribution >= 4 is 11.8 Å². The molecule has 1 aromatic carbocycles. The first-order chi connectivity index (χ1) is 12.5. The third-order valence-electron chi connectivity index (χ3n) is 4.52. The van der Waals surface area contributed by atoms with Gasteiger partial charge in [0.2, 0.25) is 5.91 Å². The van der Waals surface area contributed by atoms with E-state index in [1.807, 2.05) is 54.9 Å². The number of carbonyl (C=O) groups is 2. The quantitative estimate of drug-likeness (QED) is 0.865. The fourth-order valence-electron chi connectivity index (χ4n) is 3.26. The fourth-order valence-corrected chi connectivity index (χ4v) is 3.26. The third-order valence-corrected chi connectivity index (χ3v) is 4.52. The van der Waals surface area contributed by atoms with E-state index in [0.717, 1.165) is 11.3 Å². The summed E-state index contributed by atoms with van der Waals surface area (Å²) in [7, 11) is 1.61. The normalized spacial score (nSPS) is 16.5. The number of methoxy groups -OCH3 is 1. The summed E-state index contributed by atoms with van der Waals surface area (Å²) in [4.78, 5) is 27.3. The molecule has 138 valence electrons. The highest BCUT2D eigenvalue weighted by atomic mass is 16.5. The number of hydrogen-bond acceptors (Lipinski definition) is 3. The van der Waals surface area contributed by atoms with Gasteiger partial charge in [-0.25, -0.2) is 0 Å². The van der Waals surface area contributed by atoms with E-state index >= 15 is 0 Å². The Labute approximate surface area is 153 Å². The van der Waals surface area contributed by atoms with Gasteiger partial charge in [-0.15, -0.1) is 0 Å². The zero-order valence-electron chi connectivity index (χ0n) is 15.4. The molecule has 2 heterocycles. The van der Waals surface area contributed by atoms with E-state index in [1.165, 1.54) is 0 Å². The number of aromatic nitrogens is 1. The van der Waals surface area contributed by atoms with Crippen molar-refractivity contribution in [2.45, 2.75) is 33.0 Å². The number of hydrogen-bond donors (Lipinski definition) is 1.